The average molecular weight is 345 g/mol. The monoisotopic (exact) mass is 345 g/mol. The number of phenolic OH excluding ortho intramolecular Hbond substituents is 2. The van der Waals surface area contributed by atoms with Gasteiger partial charge < -0.3 is 19.7 Å². The summed E-state index contributed by atoms with van der Waals surface area (Å²) in [4.78, 5) is 35.6. The molecule has 0 atom stereocenters. The first-order valence-corrected chi connectivity index (χ1v) is 7.08. The smallest absolute Gasteiger partial charge is 0.342 e. The lowest BCUT2D eigenvalue weighted by atomic mass is 10.2. The van der Waals surface area contributed by atoms with Crippen molar-refractivity contribution in [1.29, 1.82) is 0 Å². The fourth-order valence-electron chi connectivity index (χ4n) is 1.96. The highest BCUT2D eigenvalue weighted by Crippen LogP contribution is 2.23. The van der Waals surface area contributed by atoms with Gasteiger partial charge in [0.05, 0.1) is 12.7 Å². The zero-order valence-corrected chi connectivity index (χ0v) is 13.2. The van der Waals surface area contributed by atoms with Crippen LogP contribution < -0.4 is 10.1 Å². The number of phenols is 2. The molecular weight excluding hydrogens is 330 g/mol. The summed E-state index contributed by atoms with van der Waals surface area (Å²) in [6.07, 6.45) is 0. The Labute approximate surface area is 142 Å². The summed E-state index contributed by atoms with van der Waals surface area (Å²) in [6.45, 7) is -0.722. The van der Waals surface area contributed by atoms with Gasteiger partial charge in [-0.25, -0.2) is 4.79 Å². The fraction of sp³-hybridized carbons (Fsp3) is 0.118. The molecule has 2 aromatic carbocycles. The van der Waals surface area contributed by atoms with E-state index in [4.69, 9.17) is 14.6 Å². The first-order chi connectivity index (χ1) is 11.9. The molecule has 0 aliphatic heterocycles. The summed E-state index contributed by atoms with van der Waals surface area (Å²) >= 11 is 0. The van der Waals surface area contributed by atoms with Gasteiger partial charge in [0.2, 0.25) is 0 Å². The van der Waals surface area contributed by atoms with Crippen molar-refractivity contribution < 1.29 is 34.1 Å². The Bertz CT molecular complexity index is 816. The summed E-state index contributed by atoms with van der Waals surface area (Å²) in [5.74, 6) is -2.95. The number of methoxy groups -OCH3 is 1. The molecule has 130 valence electrons. The first kappa shape index (κ1) is 17.8. The van der Waals surface area contributed by atoms with Crippen molar-refractivity contribution in [3.8, 4) is 17.2 Å². The third-order valence-electron chi connectivity index (χ3n) is 3.14. The lowest BCUT2D eigenvalue weighted by molar-refractivity contribution is -0.123. The predicted octanol–water partition coefficient (Wildman–Crippen LogP) is 1.22. The van der Waals surface area contributed by atoms with Crippen LogP contribution in [0.15, 0.2) is 42.5 Å². The second-order valence-electron chi connectivity index (χ2n) is 4.86. The minimum Gasteiger partial charge on any atom is -0.508 e. The molecule has 0 aliphatic carbocycles. The number of benzene rings is 2. The van der Waals surface area contributed by atoms with Crippen LogP contribution in [0.1, 0.15) is 20.7 Å². The van der Waals surface area contributed by atoms with Gasteiger partial charge in [-0.3, -0.25) is 14.9 Å². The number of carbonyl (C=O) groups excluding carboxylic acids is 3. The molecule has 0 radical (unpaired) electrons. The van der Waals surface area contributed by atoms with E-state index in [0.717, 1.165) is 12.1 Å². The summed E-state index contributed by atoms with van der Waals surface area (Å²) in [5.41, 5.74) is -0.0671. The van der Waals surface area contributed by atoms with Crippen molar-refractivity contribution >= 4 is 17.8 Å². The number of carbonyl (C=O) groups is 3. The van der Waals surface area contributed by atoms with Crippen molar-refractivity contribution in [2.75, 3.05) is 13.7 Å². The number of para-hydroxylation sites is 1. The molecule has 0 bridgehead atoms. The van der Waals surface area contributed by atoms with E-state index in [0.29, 0.717) is 5.75 Å². The number of esters is 1. The topological polar surface area (TPSA) is 122 Å². The molecule has 0 spiro atoms. The lowest BCUT2D eigenvalue weighted by Crippen LogP contribution is -2.34. The van der Waals surface area contributed by atoms with Gasteiger partial charge in [-0.15, -0.1) is 0 Å². The molecule has 8 nitrogen and oxygen atoms in total. The Kier molecular flexibility index (Phi) is 5.57. The van der Waals surface area contributed by atoms with Gasteiger partial charge in [0.15, 0.2) is 6.61 Å². The molecule has 0 aliphatic rings. The average Bonchev–Trinajstić information content (AvgIpc) is 2.59. The largest absolute Gasteiger partial charge is 0.508 e. The Morgan fingerprint density at radius 2 is 1.76 bits per heavy atom. The van der Waals surface area contributed by atoms with Crippen LogP contribution in [-0.4, -0.2) is 41.7 Å². The number of hydrogen-bond acceptors (Lipinski definition) is 7. The van der Waals surface area contributed by atoms with Gasteiger partial charge in [-0.1, -0.05) is 12.1 Å². The second-order valence-corrected chi connectivity index (χ2v) is 4.86. The molecule has 2 rings (SSSR count). The van der Waals surface area contributed by atoms with Gasteiger partial charge in [-0.05, 0) is 24.3 Å². The Morgan fingerprint density at radius 1 is 1.04 bits per heavy atom. The van der Waals surface area contributed by atoms with Crippen LogP contribution in [0.25, 0.3) is 0 Å². The van der Waals surface area contributed by atoms with Crippen LogP contribution in [-0.2, 0) is 9.53 Å². The van der Waals surface area contributed by atoms with Crippen molar-refractivity contribution in [1.82, 2.24) is 5.32 Å². The molecule has 2 aromatic rings. The van der Waals surface area contributed by atoms with E-state index in [1.165, 1.54) is 19.2 Å². The van der Waals surface area contributed by atoms with Crippen LogP contribution in [0.3, 0.4) is 0 Å². The summed E-state index contributed by atoms with van der Waals surface area (Å²) < 4.78 is 9.75. The van der Waals surface area contributed by atoms with Crippen LogP contribution in [0.2, 0.25) is 0 Å². The number of nitrogens with one attached hydrogen (secondary N) is 1. The molecule has 3 N–H and O–H groups in total. The van der Waals surface area contributed by atoms with Crippen LogP contribution >= 0.6 is 0 Å². The Morgan fingerprint density at radius 3 is 2.44 bits per heavy atom. The minimum absolute atomic E-state index is 0.154. The highest BCUT2D eigenvalue weighted by molar-refractivity contribution is 6.07. The molecule has 25 heavy (non-hydrogen) atoms. The van der Waals surface area contributed by atoms with Gasteiger partial charge in [0, 0.05) is 6.07 Å². The van der Waals surface area contributed by atoms with E-state index >= 15 is 0 Å². The normalized spacial score (nSPS) is 9.96. The van der Waals surface area contributed by atoms with Crippen LogP contribution in [0.4, 0.5) is 0 Å². The molecule has 0 heterocycles. The highest BCUT2D eigenvalue weighted by atomic mass is 16.5. The number of ether oxygens (including phenoxy) is 2. The van der Waals surface area contributed by atoms with E-state index in [9.17, 15) is 19.5 Å². The van der Waals surface area contributed by atoms with Crippen molar-refractivity contribution in [3.63, 3.8) is 0 Å². The van der Waals surface area contributed by atoms with Crippen molar-refractivity contribution in [2.24, 2.45) is 0 Å². The molecular formula is C17H15NO7. The van der Waals surface area contributed by atoms with E-state index in [2.05, 4.69) is 5.32 Å². The summed E-state index contributed by atoms with van der Waals surface area (Å²) in [7, 11) is 1.39. The van der Waals surface area contributed by atoms with E-state index < -0.39 is 30.1 Å². The Balaban J connectivity index is 1.94. The molecule has 0 saturated heterocycles. The number of amides is 2. The van der Waals surface area contributed by atoms with Gasteiger partial charge in [0.1, 0.15) is 22.8 Å². The maximum absolute atomic E-state index is 12.0. The van der Waals surface area contributed by atoms with E-state index in [1.54, 1.807) is 18.2 Å². The molecule has 0 saturated carbocycles. The van der Waals surface area contributed by atoms with E-state index in [-0.39, 0.29) is 16.9 Å². The van der Waals surface area contributed by atoms with Gasteiger partial charge in [0.25, 0.3) is 11.8 Å². The summed E-state index contributed by atoms with van der Waals surface area (Å²) in [5, 5.41) is 20.8. The molecule has 0 aromatic heterocycles. The number of imide groups is 1. The SMILES string of the molecule is COc1ccccc1C(=O)NC(=O)COC(=O)c1ccc(O)cc1O. The highest BCUT2D eigenvalue weighted by Gasteiger charge is 2.18. The zero-order valence-electron chi connectivity index (χ0n) is 13.2. The predicted molar refractivity (Wildman–Crippen MR) is 85.5 cm³/mol. The standard InChI is InChI=1S/C17H15NO7/c1-24-14-5-3-2-4-12(14)16(22)18-15(21)9-25-17(23)11-7-6-10(19)8-13(11)20/h2-8,19-20H,9H2,1H3,(H,18,21,22). The lowest BCUT2D eigenvalue weighted by Gasteiger charge is -2.09. The van der Waals surface area contributed by atoms with Crippen LogP contribution in [0.5, 0.6) is 17.2 Å². The molecule has 0 fully saturated rings. The van der Waals surface area contributed by atoms with E-state index in [1.807, 2.05) is 0 Å². The molecule has 8 heteroatoms. The number of hydrogen-bond donors (Lipinski definition) is 3. The zero-order chi connectivity index (χ0) is 18.4. The quantitative estimate of drug-likeness (QED) is 0.696. The summed E-state index contributed by atoms with van der Waals surface area (Å²) in [6, 6.07) is 9.60. The fourth-order valence-corrected chi connectivity index (χ4v) is 1.96. The third-order valence-corrected chi connectivity index (χ3v) is 3.14. The second kappa shape index (κ2) is 7.82. The maximum atomic E-state index is 12.0. The molecule has 0 unspecified atom stereocenters. The Hall–Kier alpha value is -3.55. The maximum Gasteiger partial charge on any atom is 0.342 e. The minimum atomic E-state index is -0.975. The number of rotatable bonds is 5. The number of aromatic hydroxyl groups is 2. The third kappa shape index (κ3) is 4.47. The van der Waals surface area contributed by atoms with Gasteiger partial charge in [-0.2, -0.15) is 0 Å². The van der Waals surface area contributed by atoms with Crippen molar-refractivity contribution in [3.05, 3.63) is 53.6 Å². The first-order valence-electron chi connectivity index (χ1n) is 7.08. The van der Waals surface area contributed by atoms with Crippen molar-refractivity contribution in [2.45, 2.75) is 0 Å². The van der Waals surface area contributed by atoms with Crippen LogP contribution in [0, 0.1) is 0 Å². The molecule has 2 amide bonds. The van der Waals surface area contributed by atoms with Gasteiger partial charge >= 0.3 is 5.97 Å².